The van der Waals surface area contributed by atoms with Crippen molar-refractivity contribution in [2.45, 2.75) is 52.7 Å². The number of aromatic hydroxyl groups is 2. The monoisotopic (exact) mass is 964 g/mol. The number of carbonyl (C=O) groups is 4. The number of phenols is 2. The van der Waals surface area contributed by atoms with Crippen LogP contribution in [-0.2, 0) is 38.9 Å². The lowest BCUT2D eigenvalue weighted by atomic mass is 9.88. The molecule has 0 spiro atoms. The number of benzene rings is 4. The van der Waals surface area contributed by atoms with Gasteiger partial charge in [-0.3, -0.25) is 9.97 Å². The summed E-state index contributed by atoms with van der Waals surface area (Å²) in [5, 5.41) is 66.2. The zero-order valence-corrected chi connectivity index (χ0v) is 38.7. The van der Waals surface area contributed by atoms with Crippen molar-refractivity contribution in [3.63, 3.8) is 0 Å². The van der Waals surface area contributed by atoms with Crippen LogP contribution in [0.25, 0.3) is 22.8 Å². The molecule has 4 heterocycles. The summed E-state index contributed by atoms with van der Waals surface area (Å²) in [7, 11) is 0. The Bertz CT molecular complexity index is 3190. The molecule has 360 valence electrons. The minimum atomic E-state index is -1.34. The molecule has 8 bridgehead atoms. The highest BCUT2D eigenvalue weighted by atomic mass is 16.5. The van der Waals surface area contributed by atoms with Gasteiger partial charge >= 0.3 is 23.9 Å². The van der Waals surface area contributed by atoms with E-state index < -0.39 is 23.9 Å². The Hall–Kier alpha value is -9.44. The first-order valence-electron chi connectivity index (χ1n) is 22.6. The summed E-state index contributed by atoms with van der Waals surface area (Å²) in [6.45, 7) is 3.37. The normalized spacial score (nSPS) is 11.9. The number of carboxylic acids is 4. The predicted molar refractivity (Wildman–Crippen MR) is 261 cm³/mol. The van der Waals surface area contributed by atoms with E-state index in [1.54, 1.807) is 36.4 Å². The van der Waals surface area contributed by atoms with Crippen LogP contribution in [0.5, 0.6) is 23.0 Å². The van der Waals surface area contributed by atoms with Crippen LogP contribution in [0.4, 0.5) is 0 Å². The number of aromatic nitrogens is 4. The van der Waals surface area contributed by atoms with Crippen LogP contribution < -0.4 is 9.47 Å². The molecule has 0 saturated heterocycles. The molecule has 72 heavy (non-hydrogen) atoms. The van der Waals surface area contributed by atoms with E-state index in [9.17, 15) is 49.8 Å². The fraction of sp³-hybridized carbons (Fsp3) is 0.143. The quantitative estimate of drug-likeness (QED) is 0.0666. The van der Waals surface area contributed by atoms with Gasteiger partial charge in [0.1, 0.15) is 36.2 Å². The maximum absolute atomic E-state index is 12.8. The smallest absolute Gasteiger partial charge is 0.335 e. The maximum atomic E-state index is 12.8. The molecule has 4 aromatic heterocycles. The summed E-state index contributed by atoms with van der Waals surface area (Å²) in [5.74, 6) is -5.84. The number of hydrogen-bond acceptors (Lipinski definition) is 12. The third-order valence-electron chi connectivity index (χ3n) is 12.2. The van der Waals surface area contributed by atoms with Gasteiger partial charge in [0.25, 0.3) is 0 Å². The highest BCUT2D eigenvalue weighted by Crippen LogP contribution is 2.41. The van der Waals surface area contributed by atoms with Gasteiger partial charge in [0.15, 0.2) is 0 Å². The Morgan fingerprint density at radius 2 is 0.667 bits per heavy atom. The number of rotatable bonds is 12. The number of carboxylic acid groups (broad SMARTS) is 4. The zero-order chi connectivity index (χ0) is 50.8. The third kappa shape index (κ3) is 10.3. The van der Waals surface area contributed by atoms with Gasteiger partial charge in [-0.2, -0.15) is 0 Å². The predicted octanol–water partition coefficient (Wildman–Crippen LogP) is 9.26. The molecule has 16 heteroatoms. The first-order valence-corrected chi connectivity index (χ1v) is 22.6. The molecule has 9 rings (SSSR count). The molecule has 0 amide bonds. The Balaban J connectivity index is 1.22. The Morgan fingerprint density at radius 3 is 0.944 bits per heavy atom. The lowest BCUT2D eigenvalue weighted by Crippen LogP contribution is -2.11. The number of hydrogen-bond donors (Lipinski definition) is 6. The van der Waals surface area contributed by atoms with Crippen LogP contribution in [0.2, 0.25) is 0 Å². The van der Waals surface area contributed by atoms with Gasteiger partial charge in [-0.25, -0.2) is 29.1 Å². The van der Waals surface area contributed by atoms with Crippen LogP contribution >= 0.6 is 0 Å². The highest BCUT2D eigenvalue weighted by molar-refractivity contribution is 5.91. The summed E-state index contributed by atoms with van der Waals surface area (Å²) < 4.78 is 13.1. The molecule has 0 atom stereocenters. The molecule has 8 aromatic rings. The average molecular weight is 965 g/mol. The number of nitrogens with zero attached hydrogens (tertiary/aromatic N) is 4. The molecular weight excluding hydrogens is 921 g/mol. The Morgan fingerprint density at radius 1 is 0.403 bits per heavy atom. The minimum Gasteiger partial charge on any atom is -0.507 e. The summed E-state index contributed by atoms with van der Waals surface area (Å²) in [5.41, 5.74) is 4.96. The molecule has 0 saturated carbocycles. The van der Waals surface area contributed by atoms with Crippen LogP contribution in [0, 0.1) is 13.8 Å². The van der Waals surface area contributed by atoms with Crippen molar-refractivity contribution in [1.29, 1.82) is 0 Å². The minimum absolute atomic E-state index is 0.0573. The van der Waals surface area contributed by atoms with E-state index in [1.807, 2.05) is 50.2 Å². The zero-order valence-electron chi connectivity index (χ0n) is 38.7. The Labute approximate surface area is 411 Å². The van der Waals surface area contributed by atoms with E-state index in [0.29, 0.717) is 34.2 Å². The lowest BCUT2D eigenvalue weighted by Gasteiger charge is -2.22. The fourth-order valence-corrected chi connectivity index (χ4v) is 8.85. The van der Waals surface area contributed by atoms with Crippen molar-refractivity contribution in [2.75, 3.05) is 0 Å². The van der Waals surface area contributed by atoms with Crippen molar-refractivity contribution < 1.29 is 59.3 Å². The van der Waals surface area contributed by atoms with Crippen LogP contribution in [0.15, 0.2) is 121 Å². The van der Waals surface area contributed by atoms with Crippen molar-refractivity contribution in [2.24, 2.45) is 0 Å². The van der Waals surface area contributed by atoms with Gasteiger partial charge in [0.2, 0.25) is 0 Å². The van der Waals surface area contributed by atoms with E-state index in [0.717, 1.165) is 11.4 Å². The van der Waals surface area contributed by atoms with Gasteiger partial charge in [-0.15, -0.1) is 0 Å². The van der Waals surface area contributed by atoms with Crippen molar-refractivity contribution >= 4 is 23.9 Å². The second kappa shape index (κ2) is 19.9. The van der Waals surface area contributed by atoms with E-state index in [4.69, 9.17) is 19.4 Å². The van der Waals surface area contributed by atoms with Crippen molar-refractivity contribution in [1.82, 2.24) is 19.9 Å². The molecule has 1 aliphatic rings. The van der Waals surface area contributed by atoms with Gasteiger partial charge < -0.3 is 40.1 Å². The topological polar surface area (TPSA) is 260 Å². The van der Waals surface area contributed by atoms with Gasteiger partial charge in [-0.1, -0.05) is 24.3 Å². The van der Waals surface area contributed by atoms with Crippen LogP contribution in [0.1, 0.15) is 109 Å². The van der Waals surface area contributed by atoms with Gasteiger partial charge in [-0.05, 0) is 155 Å². The largest absolute Gasteiger partial charge is 0.507 e. The molecule has 6 N–H and O–H groups in total. The van der Waals surface area contributed by atoms with Crippen LogP contribution in [0.3, 0.4) is 0 Å². The third-order valence-corrected chi connectivity index (χ3v) is 12.2. The van der Waals surface area contributed by atoms with Crippen molar-refractivity contribution in [3.8, 4) is 45.8 Å². The summed E-state index contributed by atoms with van der Waals surface area (Å²) >= 11 is 0. The summed E-state index contributed by atoms with van der Waals surface area (Å²) in [6, 6.07) is 32.0. The Kier molecular flexibility index (Phi) is 13.2. The van der Waals surface area contributed by atoms with Crippen molar-refractivity contribution in [3.05, 3.63) is 211 Å². The van der Waals surface area contributed by atoms with Gasteiger partial charge in [0, 0.05) is 37.1 Å². The number of fused-ring (bicyclic) bond motifs is 8. The first kappa shape index (κ1) is 47.6. The average Bonchev–Trinajstić information content (AvgIpc) is 3.35. The lowest BCUT2D eigenvalue weighted by molar-refractivity contribution is 0.0685. The molecule has 0 radical (unpaired) electrons. The molecule has 16 nitrogen and oxygen atoms in total. The standard InChI is InChI=1S/C56H44N4O12/c1-29-7-3-11-45(57-29)47-13-5-9-43(59-47)27-71-51-35-15-31-19-39(53(63)64)21-33(49(31)61)17-37-25-42(56(69)70)26-38(52(37)72-28-44-10-6-14-48(60-44)46-12-4-8-30(2)58-46)18-34-22-40(54(65)66)20-32(50(34)62)16-36(51)24-41(23-35)55(67)68/h3-14,19-26,61-62H,15-18,27-28H2,1-2H3,(H,63,64)(H,65,66)(H,67,68)(H,69,70). The highest BCUT2D eigenvalue weighted by Gasteiger charge is 2.26. The molecule has 1 aliphatic carbocycles. The SMILES string of the molecule is Cc1cccc(-c2cccc(COc3c4cc(C(=O)O)cc3Cc3cc(C(=O)O)cc(c3O)Cc3cc(C(=O)O)cc(c3OCc3cccc(-c5cccc(C)n5)n3)Cc3cc(C(=O)O)cc(c3O)C4)n2)n1. The van der Waals surface area contributed by atoms with E-state index in [-0.39, 0.29) is 129 Å². The second-order valence-corrected chi connectivity index (χ2v) is 17.4. The van der Waals surface area contributed by atoms with E-state index in [2.05, 4.69) is 9.97 Å². The maximum Gasteiger partial charge on any atom is 0.335 e. The second-order valence-electron chi connectivity index (χ2n) is 17.4. The summed E-state index contributed by atoms with van der Waals surface area (Å²) in [6.07, 6.45) is -1.17. The fourth-order valence-electron chi connectivity index (χ4n) is 8.85. The van der Waals surface area contributed by atoms with E-state index >= 15 is 0 Å². The van der Waals surface area contributed by atoms with Crippen LogP contribution in [-0.4, -0.2) is 74.5 Å². The molecule has 0 aliphatic heterocycles. The molecule has 0 unspecified atom stereocenters. The molecular formula is C56H44N4O12. The number of aromatic carboxylic acids is 4. The number of aryl methyl sites for hydroxylation is 2. The number of ether oxygens (including phenoxy) is 2. The summed E-state index contributed by atoms with van der Waals surface area (Å²) in [4.78, 5) is 70.0. The molecule has 0 fully saturated rings. The molecule has 4 aromatic carbocycles. The first-order chi connectivity index (χ1) is 34.6. The van der Waals surface area contributed by atoms with Gasteiger partial charge in [0.05, 0.1) is 56.4 Å². The van der Waals surface area contributed by atoms with E-state index in [1.165, 1.54) is 48.5 Å². The number of pyridine rings is 4. The number of phenolic OH excluding ortho intramolecular Hbond substituents is 2.